The molecule has 0 radical (unpaired) electrons. The fraction of sp³-hybridized carbons (Fsp3) is 0.200. The van der Waals surface area contributed by atoms with Gasteiger partial charge in [0.05, 0.1) is 11.9 Å². The molecule has 1 amide bonds. The molecule has 0 bridgehead atoms. The highest BCUT2D eigenvalue weighted by Gasteiger charge is 2.01. The van der Waals surface area contributed by atoms with Crippen LogP contribution in [0.5, 0.6) is 0 Å². The predicted octanol–water partition coefficient (Wildman–Crippen LogP) is 1.77. The highest BCUT2D eigenvalue weighted by atomic mass is 16.1. The van der Waals surface area contributed by atoms with Gasteiger partial charge in [-0.15, -0.1) is 0 Å². The molecular formula is C10H12N2O. The fourth-order valence-corrected chi connectivity index (χ4v) is 1.03. The maximum Gasteiger partial charge on any atom is 0.247 e. The maximum absolute atomic E-state index is 11.0. The minimum Gasteiger partial charge on any atom is -0.321 e. The highest BCUT2D eigenvalue weighted by Crippen LogP contribution is 2.13. The van der Waals surface area contributed by atoms with Gasteiger partial charge in [0.15, 0.2) is 0 Å². The van der Waals surface area contributed by atoms with Crippen LogP contribution < -0.4 is 5.32 Å². The van der Waals surface area contributed by atoms with Gasteiger partial charge in [-0.05, 0) is 24.1 Å². The molecule has 0 unspecified atom stereocenters. The summed E-state index contributed by atoms with van der Waals surface area (Å²) in [5, 5.41) is 2.69. The van der Waals surface area contributed by atoms with Gasteiger partial charge in [0.25, 0.3) is 0 Å². The van der Waals surface area contributed by atoms with Gasteiger partial charge in [-0.25, -0.2) is 0 Å². The predicted molar refractivity (Wildman–Crippen MR) is 52.4 cm³/mol. The molecule has 1 aromatic heterocycles. The van der Waals surface area contributed by atoms with E-state index in [0.29, 0.717) is 0 Å². The van der Waals surface area contributed by atoms with Crippen molar-refractivity contribution in [3.8, 4) is 0 Å². The summed E-state index contributed by atoms with van der Waals surface area (Å²) in [5.74, 6) is -0.206. The summed E-state index contributed by atoms with van der Waals surface area (Å²) in [6.45, 7) is 5.41. The largest absolute Gasteiger partial charge is 0.321 e. The average Bonchev–Trinajstić information content (AvgIpc) is 2.18. The Balaban J connectivity index is 2.86. The highest BCUT2D eigenvalue weighted by molar-refractivity contribution is 5.99. The molecule has 3 heteroatoms. The molecule has 0 spiro atoms. The molecule has 3 nitrogen and oxygen atoms in total. The van der Waals surface area contributed by atoms with Crippen molar-refractivity contribution in [2.45, 2.75) is 13.3 Å². The Kier molecular flexibility index (Phi) is 3.20. The van der Waals surface area contributed by atoms with Crippen LogP contribution in [0.4, 0.5) is 5.69 Å². The van der Waals surface area contributed by atoms with Gasteiger partial charge in [0, 0.05) is 6.20 Å². The Bertz CT molecular complexity index is 320. The Morgan fingerprint density at radius 1 is 1.77 bits per heavy atom. The topological polar surface area (TPSA) is 42.0 Å². The first-order chi connectivity index (χ1) is 6.27. The van der Waals surface area contributed by atoms with Crippen LogP contribution >= 0.6 is 0 Å². The van der Waals surface area contributed by atoms with E-state index in [1.807, 2.05) is 13.0 Å². The number of anilines is 1. The van der Waals surface area contributed by atoms with E-state index in [1.54, 1.807) is 12.4 Å². The number of hydrogen-bond donors (Lipinski definition) is 1. The first kappa shape index (κ1) is 9.45. The molecule has 0 aliphatic rings. The molecule has 1 N–H and O–H groups in total. The molecule has 0 fully saturated rings. The quantitative estimate of drug-likeness (QED) is 0.713. The van der Waals surface area contributed by atoms with Crippen LogP contribution in [0.2, 0.25) is 0 Å². The third-order valence-electron chi connectivity index (χ3n) is 1.74. The molecule has 0 saturated heterocycles. The standard InChI is InChI=1S/C10H12N2O/c1-3-8-5-6-11-7-9(8)12-10(13)4-2/h4-7H,2-3H2,1H3,(H,12,13). The third kappa shape index (κ3) is 2.40. The van der Waals surface area contributed by atoms with Crippen molar-refractivity contribution < 1.29 is 4.79 Å². The summed E-state index contributed by atoms with van der Waals surface area (Å²) in [4.78, 5) is 14.9. The number of nitrogens with zero attached hydrogens (tertiary/aromatic N) is 1. The van der Waals surface area contributed by atoms with E-state index in [-0.39, 0.29) is 5.91 Å². The molecule has 13 heavy (non-hydrogen) atoms. The van der Waals surface area contributed by atoms with E-state index < -0.39 is 0 Å². The molecule has 1 rings (SSSR count). The lowest BCUT2D eigenvalue weighted by molar-refractivity contribution is -0.111. The van der Waals surface area contributed by atoms with Crippen LogP contribution in [0.25, 0.3) is 0 Å². The summed E-state index contributed by atoms with van der Waals surface area (Å²) >= 11 is 0. The zero-order valence-corrected chi connectivity index (χ0v) is 7.58. The van der Waals surface area contributed by atoms with E-state index in [0.717, 1.165) is 17.7 Å². The number of carbonyl (C=O) groups is 1. The van der Waals surface area contributed by atoms with Gasteiger partial charge in [-0.1, -0.05) is 13.5 Å². The van der Waals surface area contributed by atoms with Crippen LogP contribution in [0.1, 0.15) is 12.5 Å². The molecule has 0 aliphatic carbocycles. The Morgan fingerprint density at radius 2 is 2.54 bits per heavy atom. The van der Waals surface area contributed by atoms with Gasteiger partial charge < -0.3 is 5.32 Å². The second-order valence-corrected chi connectivity index (χ2v) is 2.58. The van der Waals surface area contributed by atoms with Crippen molar-refractivity contribution in [1.29, 1.82) is 0 Å². The van der Waals surface area contributed by atoms with Crippen molar-refractivity contribution in [2.24, 2.45) is 0 Å². The molecule has 68 valence electrons. The molecule has 0 atom stereocenters. The molecule has 0 aromatic carbocycles. The zero-order valence-electron chi connectivity index (χ0n) is 7.58. The number of carbonyl (C=O) groups excluding carboxylic acids is 1. The molecular weight excluding hydrogens is 164 g/mol. The SMILES string of the molecule is C=CC(=O)Nc1cnccc1CC. The number of nitrogens with one attached hydrogen (secondary N) is 1. The van der Waals surface area contributed by atoms with Crippen LogP contribution in [0, 0.1) is 0 Å². The Morgan fingerprint density at radius 3 is 3.15 bits per heavy atom. The lowest BCUT2D eigenvalue weighted by atomic mass is 10.2. The normalized spacial score (nSPS) is 9.31. The third-order valence-corrected chi connectivity index (χ3v) is 1.74. The lowest BCUT2D eigenvalue weighted by Gasteiger charge is -2.06. The number of pyridine rings is 1. The summed E-state index contributed by atoms with van der Waals surface area (Å²) in [7, 11) is 0. The van der Waals surface area contributed by atoms with Crippen molar-refractivity contribution in [3.63, 3.8) is 0 Å². The van der Waals surface area contributed by atoms with Crippen LogP contribution in [0.15, 0.2) is 31.1 Å². The lowest BCUT2D eigenvalue weighted by Crippen LogP contribution is -2.09. The second kappa shape index (κ2) is 4.40. The molecule has 1 heterocycles. The van der Waals surface area contributed by atoms with Gasteiger partial charge >= 0.3 is 0 Å². The number of aromatic nitrogens is 1. The second-order valence-electron chi connectivity index (χ2n) is 2.58. The number of rotatable bonds is 3. The summed E-state index contributed by atoms with van der Waals surface area (Å²) in [6.07, 6.45) is 5.46. The van der Waals surface area contributed by atoms with E-state index in [4.69, 9.17) is 0 Å². The van der Waals surface area contributed by atoms with E-state index in [2.05, 4.69) is 16.9 Å². The van der Waals surface area contributed by atoms with Crippen LogP contribution in [-0.2, 0) is 11.2 Å². The molecule has 0 saturated carbocycles. The van der Waals surface area contributed by atoms with Gasteiger partial charge in [0.1, 0.15) is 0 Å². The van der Waals surface area contributed by atoms with Crippen LogP contribution in [-0.4, -0.2) is 10.9 Å². The minimum absolute atomic E-state index is 0.206. The number of amides is 1. The first-order valence-corrected chi connectivity index (χ1v) is 4.14. The molecule has 0 aliphatic heterocycles. The van der Waals surface area contributed by atoms with Gasteiger partial charge in [0.2, 0.25) is 5.91 Å². The number of aryl methyl sites for hydroxylation is 1. The Hall–Kier alpha value is -1.64. The summed E-state index contributed by atoms with van der Waals surface area (Å²) in [6, 6.07) is 1.89. The maximum atomic E-state index is 11.0. The summed E-state index contributed by atoms with van der Waals surface area (Å²) in [5.41, 5.74) is 1.83. The Labute approximate surface area is 77.5 Å². The van der Waals surface area contributed by atoms with Crippen molar-refractivity contribution in [1.82, 2.24) is 4.98 Å². The van der Waals surface area contributed by atoms with E-state index in [9.17, 15) is 4.79 Å². The van der Waals surface area contributed by atoms with E-state index >= 15 is 0 Å². The van der Waals surface area contributed by atoms with Crippen molar-refractivity contribution >= 4 is 11.6 Å². The van der Waals surface area contributed by atoms with Gasteiger partial charge in [-0.3, -0.25) is 9.78 Å². The zero-order chi connectivity index (χ0) is 9.68. The summed E-state index contributed by atoms with van der Waals surface area (Å²) < 4.78 is 0. The van der Waals surface area contributed by atoms with Crippen molar-refractivity contribution in [3.05, 3.63) is 36.7 Å². The number of hydrogen-bond acceptors (Lipinski definition) is 2. The minimum atomic E-state index is -0.206. The fourth-order valence-electron chi connectivity index (χ4n) is 1.03. The van der Waals surface area contributed by atoms with Crippen LogP contribution in [0.3, 0.4) is 0 Å². The van der Waals surface area contributed by atoms with Crippen molar-refractivity contribution in [2.75, 3.05) is 5.32 Å². The monoisotopic (exact) mass is 176 g/mol. The smallest absolute Gasteiger partial charge is 0.247 e. The average molecular weight is 176 g/mol. The molecule has 1 aromatic rings. The first-order valence-electron chi connectivity index (χ1n) is 4.14. The van der Waals surface area contributed by atoms with E-state index in [1.165, 1.54) is 6.08 Å². The van der Waals surface area contributed by atoms with Gasteiger partial charge in [-0.2, -0.15) is 0 Å².